The first-order chi connectivity index (χ1) is 9.25. The van der Waals surface area contributed by atoms with Crippen molar-refractivity contribution in [3.63, 3.8) is 0 Å². The maximum atomic E-state index is 12.2. The van der Waals surface area contributed by atoms with Gasteiger partial charge in [0.05, 0.1) is 12.8 Å². The summed E-state index contributed by atoms with van der Waals surface area (Å²) in [4.78, 5) is 14.2. The lowest BCUT2D eigenvalue weighted by molar-refractivity contribution is -0.131. The molecule has 1 aromatic rings. The van der Waals surface area contributed by atoms with Gasteiger partial charge in [0, 0.05) is 25.6 Å². The lowest BCUT2D eigenvalue weighted by Crippen LogP contribution is -2.37. The summed E-state index contributed by atoms with van der Waals surface area (Å²) < 4.78 is 5.26. The number of carbonyl (C=O) groups excluding carboxylic acids is 1. The zero-order valence-electron chi connectivity index (χ0n) is 11.7. The molecule has 4 heteroatoms. The van der Waals surface area contributed by atoms with Gasteiger partial charge in [0.2, 0.25) is 5.91 Å². The van der Waals surface area contributed by atoms with Crippen molar-refractivity contribution in [2.24, 2.45) is 0 Å². The molecule has 0 aliphatic carbocycles. The average molecular weight is 264 g/mol. The largest absolute Gasteiger partial charge is 0.468 e. The van der Waals surface area contributed by atoms with Crippen LogP contribution in [0.2, 0.25) is 0 Å². The summed E-state index contributed by atoms with van der Waals surface area (Å²) in [7, 11) is 0. The van der Waals surface area contributed by atoms with Crippen LogP contribution in [0.1, 0.15) is 44.8 Å². The Labute approximate surface area is 115 Å². The van der Waals surface area contributed by atoms with Crippen molar-refractivity contribution in [2.75, 3.05) is 13.1 Å². The molecule has 0 unspecified atom stereocenters. The number of amides is 1. The highest BCUT2D eigenvalue weighted by molar-refractivity contribution is 5.76. The Morgan fingerprint density at radius 1 is 1.37 bits per heavy atom. The van der Waals surface area contributed by atoms with E-state index in [0.29, 0.717) is 13.0 Å². The molecule has 1 saturated heterocycles. The predicted octanol–water partition coefficient (Wildman–Crippen LogP) is 2.55. The Balaban J connectivity index is 1.71. The van der Waals surface area contributed by atoms with Gasteiger partial charge in [-0.25, -0.2) is 0 Å². The Hall–Kier alpha value is -1.29. The minimum absolute atomic E-state index is 0.181. The molecule has 0 saturated carbocycles. The van der Waals surface area contributed by atoms with E-state index in [9.17, 15) is 4.79 Å². The van der Waals surface area contributed by atoms with E-state index in [1.54, 1.807) is 6.26 Å². The average Bonchev–Trinajstić information content (AvgIpc) is 2.76. The van der Waals surface area contributed by atoms with Crippen molar-refractivity contribution in [2.45, 2.75) is 51.6 Å². The quantitative estimate of drug-likeness (QED) is 0.889. The standard InChI is InChI=1S/C15H24N2O2/c1-13(16-12-14-7-6-10-19-14)11-15(18)17-8-4-2-3-5-9-17/h6-7,10,13,16H,2-5,8-9,11-12H2,1H3/t13-/m0/s1. The van der Waals surface area contributed by atoms with E-state index in [1.807, 2.05) is 17.0 Å². The monoisotopic (exact) mass is 264 g/mol. The molecule has 19 heavy (non-hydrogen) atoms. The highest BCUT2D eigenvalue weighted by Gasteiger charge is 2.17. The second kappa shape index (κ2) is 7.34. The summed E-state index contributed by atoms with van der Waals surface area (Å²) in [6, 6.07) is 4.00. The van der Waals surface area contributed by atoms with Crippen LogP contribution in [0.15, 0.2) is 22.8 Å². The molecular weight excluding hydrogens is 240 g/mol. The van der Waals surface area contributed by atoms with E-state index >= 15 is 0 Å². The van der Waals surface area contributed by atoms with Crippen LogP contribution in [0.4, 0.5) is 0 Å². The number of carbonyl (C=O) groups is 1. The third kappa shape index (κ3) is 4.71. The van der Waals surface area contributed by atoms with Crippen LogP contribution in [-0.2, 0) is 11.3 Å². The van der Waals surface area contributed by atoms with Crippen molar-refractivity contribution in [1.29, 1.82) is 0 Å². The third-order valence-electron chi connectivity index (χ3n) is 3.64. The van der Waals surface area contributed by atoms with E-state index in [0.717, 1.165) is 31.7 Å². The SMILES string of the molecule is C[C@@H](CC(=O)N1CCCCCC1)NCc1ccco1. The summed E-state index contributed by atoms with van der Waals surface area (Å²) in [6.07, 6.45) is 7.07. The Morgan fingerprint density at radius 3 is 2.74 bits per heavy atom. The van der Waals surface area contributed by atoms with Crippen LogP contribution >= 0.6 is 0 Å². The van der Waals surface area contributed by atoms with Gasteiger partial charge in [0.1, 0.15) is 5.76 Å². The van der Waals surface area contributed by atoms with E-state index < -0.39 is 0 Å². The lowest BCUT2D eigenvalue weighted by atomic mass is 10.2. The van der Waals surface area contributed by atoms with Gasteiger partial charge in [-0.15, -0.1) is 0 Å². The molecular formula is C15H24N2O2. The van der Waals surface area contributed by atoms with Gasteiger partial charge >= 0.3 is 0 Å². The van der Waals surface area contributed by atoms with Crippen LogP contribution in [0, 0.1) is 0 Å². The highest BCUT2D eigenvalue weighted by Crippen LogP contribution is 2.11. The lowest BCUT2D eigenvalue weighted by Gasteiger charge is -2.22. The van der Waals surface area contributed by atoms with E-state index in [1.165, 1.54) is 12.8 Å². The Bertz CT molecular complexity index is 368. The maximum Gasteiger partial charge on any atom is 0.224 e. The summed E-state index contributed by atoms with van der Waals surface area (Å²) in [5, 5.41) is 3.33. The molecule has 1 fully saturated rings. The van der Waals surface area contributed by atoms with Crippen LogP contribution < -0.4 is 5.32 Å². The van der Waals surface area contributed by atoms with Crippen molar-refractivity contribution >= 4 is 5.91 Å². The van der Waals surface area contributed by atoms with Crippen LogP contribution in [0.25, 0.3) is 0 Å². The second-order valence-corrected chi connectivity index (χ2v) is 5.36. The topological polar surface area (TPSA) is 45.5 Å². The molecule has 0 aromatic carbocycles. The van der Waals surface area contributed by atoms with Gasteiger partial charge in [-0.2, -0.15) is 0 Å². The molecule has 1 aromatic heterocycles. The normalized spacial score (nSPS) is 18.1. The number of nitrogens with one attached hydrogen (secondary N) is 1. The van der Waals surface area contributed by atoms with Gasteiger partial charge in [0.15, 0.2) is 0 Å². The Kier molecular flexibility index (Phi) is 5.45. The summed E-state index contributed by atoms with van der Waals surface area (Å²) >= 11 is 0. The number of hydrogen-bond acceptors (Lipinski definition) is 3. The number of nitrogens with zero attached hydrogens (tertiary/aromatic N) is 1. The molecule has 4 nitrogen and oxygen atoms in total. The van der Waals surface area contributed by atoms with Gasteiger partial charge in [-0.3, -0.25) is 4.79 Å². The second-order valence-electron chi connectivity index (χ2n) is 5.36. The highest BCUT2D eigenvalue weighted by atomic mass is 16.3. The van der Waals surface area contributed by atoms with E-state index in [2.05, 4.69) is 12.2 Å². The Morgan fingerprint density at radius 2 is 2.11 bits per heavy atom. The molecule has 2 rings (SSSR count). The zero-order valence-corrected chi connectivity index (χ0v) is 11.7. The van der Waals surface area contributed by atoms with Gasteiger partial charge in [-0.1, -0.05) is 12.8 Å². The van der Waals surface area contributed by atoms with Gasteiger partial charge in [-0.05, 0) is 31.9 Å². The van der Waals surface area contributed by atoms with Crippen molar-refractivity contribution < 1.29 is 9.21 Å². The zero-order chi connectivity index (χ0) is 13.5. The number of furan rings is 1. The minimum atomic E-state index is 0.181. The number of rotatable bonds is 5. The van der Waals surface area contributed by atoms with E-state index in [4.69, 9.17) is 4.42 Å². The van der Waals surface area contributed by atoms with E-state index in [-0.39, 0.29) is 11.9 Å². The smallest absolute Gasteiger partial charge is 0.224 e. The number of hydrogen-bond donors (Lipinski definition) is 1. The first-order valence-corrected chi connectivity index (χ1v) is 7.29. The van der Waals surface area contributed by atoms with Crippen LogP contribution in [0.5, 0.6) is 0 Å². The molecule has 1 N–H and O–H groups in total. The fourth-order valence-electron chi connectivity index (χ4n) is 2.47. The fraction of sp³-hybridized carbons (Fsp3) is 0.667. The molecule has 0 bridgehead atoms. The predicted molar refractivity (Wildman–Crippen MR) is 74.7 cm³/mol. The first-order valence-electron chi connectivity index (χ1n) is 7.29. The third-order valence-corrected chi connectivity index (χ3v) is 3.64. The summed E-state index contributed by atoms with van der Waals surface area (Å²) in [5.41, 5.74) is 0. The van der Waals surface area contributed by atoms with Gasteiger partial charge in [0.25, 0.3) is 0 Å². The molecule has 0 radical (unpaired) electrons. The van der Waals surface area contributed by atoms with Crippen LogP contribution in [-0.4, -0.2) is 29.9 Å². The van der Waals surface area contributed by atoms with Crippen molar-refractivity contribution in [3.05, 3.63) is 24.2 Å². The minimum Gasteiger partial charge on any atom is -0.468 e. The maximum absolute atomic E-state index is 12.2. The fourth-order valence-corrected chi connectivity index (χ4v) is 2.47. The molecule has 2 heterocycles. The number of likely N-dealkylation sites (tertiary alicyclic amines) is 1. The molecule has 1 atom stereocenters. The molecule has 106 valence electrons. The van der Waals surface area contributed by atoms with Crippen molar-refractivity contribution in [3.8, 4) is 0 Å². The molecule has 1 aliphatic rings. The molecule has 1 amide bonds. The van der Waals surface area contributed by atoms with Gasteiger partial charge < -0.3 is 14.6 Å². The molecule has 0 spiro atoms. The summed E-state index contributed by atoms with van der Waals surface area (Å²) in [6.45, 7) is 4.60. The van der Waals surface area contributed by atoms with Crippen molar-refractivity contribution in [1.82, 2.24) is 10.2 Å². The van der Waals surface area contributed by atoms with Crippen LogP contribution in [0.3, 0.4) is 0 Å². The first kappa shape index (κ1) is 14.1. The summed E-state index contributed by atoms with van der Waals surface area (Å²) in [5.74, 6) is 1.19. The molecule has 1 aliphatic heterocycles.